The van der Waals surface area contributed by atoms with Gasteiger partial charge in [-0.2, -0.15) is 5.26 Å². The van der Waals surface area contributed by atoms with Crippen LogP contribution in [0.1, 0.15) is 21.5 Å². The van der Waals surface area contributed by atoms with E-state index in [-0.39, 0.29) is 11.1 Å². The van der Waals surface area contributed by atoms with E-state index in [0.29, 0.717) is 22.4 Å². The molecule has 72 valence electrons. The molecule has 0 aliphatic rings. The minimum Gasteiger partial charge on any atom is -0.399 e. The van der Waals surface area contributed by atoms with Crippen LogP contribution >= 0.6 is 15.9 Å². The standard InChI is InChI=1S/C10H9BrN2O/c1-6-7(5-12)2-8(13)3-9(6)10(14)4-11/h2-3H,4,13H2,1H3. The summed E-state index contributed by atoms with van der Waals surface area (Å²) in [5, 5.41) is 9.03. The Labute approximate surface area is 90.7 Å². The summed E-state index contributed by atoms with van der Waals surface area (Å²) in [5.74, 6) is -0.0636. The largest absolute Gasteiger partial charge is 0.399 e. The number of nitrogens with two attached hydrogens (primary N) is 1. The van der Waals surface area contributed by atoms with Crippen LogP contribution in [-0.2, 0) is 0 Å². The summed E-state index contributed by atoms with van der Waals surface area (Å²) in [6.07, 6.45) is 0. The molecule has 4 heteroatoms. The van der Waals surface area contributed by atoms with Gasteiger partial charge in [0, 0.05) is 11.3 Å². The van der Waals surface area contributed by atoms with Gasteiger partial charge in [0.1, 0.15) is 0 Å². The van der Waals surface area contributed by atoms with E-state index < -0.39 is 0 Å². The fourth-order valence-electron chi connectivity index (χ4n) is 1.21. The first-order valence-electron chi connectivity index (χ1n) is 3.99. The molecular weight excluding hydrogens is 244 g/mol. The molecule has 0 bridgehead atoms. The van der Waals surface area contributed by atoms with E-state index in [0.717, 1.165) is 0 Å². The van der Waals surface area contributed by atoms with Gasteiger partial charge in [0.05, 0.1) is 17.0 Å². The zero-order valence-corrected chi connectivity index (χ0v) is 9.26. The lowest BCUT2D eigenvalue weighted by Crippen LogP contribution is -2.05. The summed E-state index contributed by atoms with van der Waals surface area (Å²) >= 11 is 3.08. The smallest absolute Gasteiger partial charge is 0.173 e. The molecule has 0 saturated carbocycles. The van der Waals surface area contributed by atoms with Crippen molar-refractivity contribution in [2.45, 2.75) is 6.92 Å². The van der Waals surface area contributed by atoms with Gasteiger partial charge in [-0.05, 0) is 24.6 Å². The Balaban J connectivity index is 3.38. The number of hydrogen-bond acceptors (Lipinski definition) is 3. The van der Waals surface area contributed by atoms with Crippen molar-refractivity contribution in [3.8, 4) is 6.07 Å². The van der Waals surface area contributed by atoms with Crippen LogP contribution in [0.15, 0.2) is 12.1 Å². The molecule has 0 saturated heterocycles. The molecule has 0 amide bonds. The molecule has 0 heterocycles. The Morgan fingerprint density at radius 2 is 2.29 bits per heavy atom. The van der Waals surface area contributed by atoms with E-state index in [1.807, 2.05) is 6.07 Å². The van der Waals surface area contributed by atoms with Crippen molar-refractivity contribution >= 4 is 27.4 Å². The monoisotopic (exact) mass is 252 g/mol. The topological polar surface area (TPSA) is 66.9 Å². The molecule has 0 radical (unpaired) electrons. The Morgan fingerprint density at radius 1 is 1.64 bits per heavy atom. The first-order valence-corrected chi connectivity index (χ1v) is 5.11. The molecule has 1 aromatic carbocycles. The summed E-state index contributed by atoms with van der Waals surface area (Å²) in [6, 6.07) is 5.17. The quantitative estimate of drug-likeness (QED) is 0.498. The van der Waals surface area contributed by atoms with Crippen LogP contribution in [0.3, 0.4) is 0 Å². The lowest BCUT2D eigenvalue weighted by Gasteiger charge is -2.06. The van der Waals surface area contributed by atoms with Crippen LogP contribution in [0.2, 0.25) is 0 Å². The average molecular weight is 253 g/mol. The number of halogens is 1. The Bertz CT molecular complexity index is 421. The Kier molecular flexibility index (Phi) is 3.26. The van der Waals surface area contributed by atoms with E-state index in [2.05, 4.69) is 15.9 Å². The fraction of sp³-hybridized carbons (Fsp3) is 0.200. The van der Waals surface area contributed by atoms with Crippen molar-refractivity contribution in [3.63, 3.8) is 0 Å². The zero-order valence-electron chi connectivity index (χ0n) is 7.67. The third-order valence-electron chi connectivity index (χ3n) is 1.97. The normalized spacial score (nSPS) is 9.50. The maximum atomic E-state index is 11.4. The van der Waals surface area contributed by atoms with E-state index in [9.17, 15) is 4.79 Å². The second-order valence-electron chi connectivity index (χ2n) is 2.91. The van der Waals surface area contributed by atoms with Crippen molar-refractivity contribution in [1.29, 1.82) is 5.26 Å². The van der Waals surface area contributed by atoms with Gasteiger partial charge in [0.25, 0.3) is 0 Å². The lowest BCUT2D eigenvalue weighted by atomic mass is 9.99. The highest BCUT2D eigenvalue weighted by Gasteiger charge is 2.11. The second kappa shape index (κ2) is 4.25. The van der Waals surface area contributed by atoms with Crippen LogP contribution < -0.4 is 5.73 Å². The number of ketones is 1. The number of hydrogen-bond donors (Lipinski definition) is 1. The number of carbonyl (C=O) groups is 1. The first kappa shape index (κ1) is 10.7. The van der Waals surface area contributed by atoms with Gasteiger partial charge in [-0.3, -0.25) is 4.79 Å². The highest BCUT2D eigenvalue weighted by Crippen LogP contribution is 2.18. The molecule has 0 aliphatic carbocycles. The Hall–Kier alpha value is -1.34. The molecule has 0 aliphatic heterocycles. The van der Waals surface area contributed by atoms with Crippen LogP contribution in [-0.4, -0.2) is 11.1 Å². The molecule has 0 fully saturated rings. The molecule has 2 N–H and O–H groups in total. The predicted octanol–water partition coefficient (Wildman–Crippen LogP) is 2.03. The van der Waals surface area contributed by atoms with E-state index in [1.54, 1.807) is 19.1 Å². The number of anilines is 1. The molecule has 0 atom stereocenters. The number of alkyl halides is 1. The summed E-state index contributed by atoms with van der Waals surface area (Å²) in [4.78, 5) is 11.4. The minimum atomic E-state index is -0.0636. The highest BCUT2D eigenvalue weighted by atomic mass is 79.9. The molecule has 14 heavy (non-hydrogen) atoms. The average Bonchev–Trinajstić information content (AvgIpc) is 2.19. The van der Waals surface area contributed by atoms with E-state index >= 15 is 0 Å². The van der Waals surface area contributed by atoms with Crippen LogP contribution in [0.5, 0.6) is 0 Å². The third kappa shape index (κ3) is 1.94. The second-order valence-corrected chi connectivity index (χ2v) is 3.47. The third-order valence-corrected chi connectivity index (χ3v) is 2.48. The molecule has 1 aromatic rings. The van der Waals surface area contributed by atoms with Gasteiger partial charge >= 0.3 is 0 Å². The van der Waals surface area contributed by atoms with Gasteiger partial charge < -0.3 is 5.73 Å². The number of nitrogen functional groups attached to an aromatic ring is 1. The zero-order chi connectivity index (χ0) is 10.7. The summed E-state index contributed by atoms with van der Waals surface area (Å²) in [7, 11) is 0. The predicted molar refractivity (Wildman–Crippen MR) is 58.4 cm³/mol. The van der Waals surface area contributed by atoms with Crippen LogP contribution in [0.4, 0.5) is 5.69 Å². The maximum absolute atomic E-state index is 11.4. The van der Waals surface area contributed by atoms with E-state index in [1.165, 1.54) is 0 Å². The number of Topliss-reactive ketones (excluding diaryl/α,β-unsaturated/α-hetero) is 1. The van der Waals surface area contributed by atoms with Crippen LogP contribution in [0.25, 0.3) is 0 Å². The molecule has 0 aromatic heterocycles. The summed E-state index contributed by atoms with van der Waals surface area (Å²) < 4.78 is 0. The SMILES string of the molecule is Cc1c(C#N)cc(N)cc1C(=O)CBr. The number of nitriles is 1. The number of rotatable bonds is 2. The molecular formula is C10H9BrN2O. The highest BCUT2D eigenvalue weighted by molar-refractivity contribution is 9.09. The van der Waals surface area contributed by atoms with Crippen LogP contribution in [0, 0.1) is 18.3 Å². The summed E-state index contributed by atoms with van der Waals surface area (Å²) in [5.41, 5.74) is 7.67. The maximum Gasteiger partial charge on any atom is 0.173 e. The number of benzene rings is 1. The minimum absolute atomic E-state index is 0.0636. The van der Waals surface area contributed by atoms with Crippen molar-refractivity contribution in [2.75, 3.05) is 11.1 Å². The first-order chi connectivity index (χ1) is 6.60. The van der Waals surface area contributed by atoms with Gasteiger partial charge in [-0.25, -0.2) is 0 Å². The fourth-order valence-corrected chi connectivity index (χ4v) is 1.52. The van der Waals surface area contributed by atoms with Gasteiger partial charge in [-0.15, -0.1) is 0 Å². The van der Waals surface area contributed by atoms with Gasteiger partial charge in [0.15, 0.2) is 5.78 Å². The van der Waals surface area contributed by atoms with Crippen molar-refractivity contribution in [3.05, 3.63) is 28.8 Å². The van der Waals surface area contributed by atoms with Gasteiger partial charge in [-0.1, -0.05) is 15.9 Å². The Morgan fingerprint density at radius 3 is 2.79 bits per heavy atom. The number of nitrogens with zero attached hydrogens (tertiary/aromatic N) is 1. The van der Waals surface area contributed by atoms with E-state index in [4.69, 9.17) is 11.0 Å². The van der Waals surface area contributed by atoms with Crippen molar-refractivity contribution in [2.24, 2.45) is 0 Å². The van der Waals surface area contributed by atoms with Gasteiger partial charge in [0.2, 0.25) is 0 Å². The molecule has 3 nitrogen and oxygen atoms in total. The molecule has 0 unspecified atom stereocenters. The molecule has 1 rings (SSSR count). The molecule has 0 spiro atoms. The lowest BCUT2D eigenvalue weighted by molar-refractivity contribution is 0.102. The number of carbonyl (C=O) groups excluding carboxylic acids is 1. The van der Waals surface area contributed by atoms with Crippen molar-refractivity contribution in [1.82, 2.24) is 0 Å². The van der Waals surface area contributed by atoms with Crippen molar-refractivity contribution < 1.29 is 4.79 Å². The summed E-state index contributed by atoms with van der Waals surface area (Å²) in [6.45, 7) is 1.74.